The van der Waals surface area contributed by atoms with Crippen molar-refractivity contribution >= 4 is 46.7 Å². The zero-order valence-corrected chi connectivity index (χ0v) is 16.0. The first-order valence-corrected chi connectivity index (χ1v) is 10.6. The average molecular weight is 377 g/mol. The predicted molar refractivity (Wildman–Crippen MR) is 97.2 cm³/mol. The fourth-order valence-corrected chi connectivity index (χ4v) is 4.22. The maximum absolute atomic E-state index is 11.7. The summed E-state index contributed by atoms with van der Waals surface area (Å²) in [6, 6.07) is 0. The van der Waals surface area contributed by atoms with Crippen LogP contribution in [0.4, 0.5) is 0 Å². The van der Waals surface area contributed by atoms with Crippen LogP contribution in [0, 0.1) is 0 Å². The van der Waals surface area contributed by atoms with Crippen LogP contribution >= 0.6 is 34.9 Å². The summed E-state index contributed by atoms with van der Waals surface area (Å²) in [5, 5.41) is 13.8. The molecule has 0 spiro atoms. The molecule has 1 rings (SSSR count). The van der Waals surface area contributed by atoms with Gasteiger partial charge in [0.05, 0.1) is 11.5 Å². The Morgan fingerprint density at radius 1 is 0.913 bits per heavy atom. The number of nitrogens with one attached hydrogen (secondary N) is 2. The molecule has 130 valence electrons. The molecule has 6 nitrogen and oxygen atoms in total. The number of unbranched alkanes of at least 4 members (excludes halogenated alkanes) is 2. The van der Waals surface area contributed by atoms with Gasteiger partial charge in [-0.05, 0) is 12.8 Å². The third kappa shape index (κ3) is 9.83. The zero-order chi connectivity index (χ0) is 16.9. The number of carbonyl (C=O) groups is 2. The normalized spacial score (nSPS) is 10.5. The summed E-state index contributed by atoms with van der Waals surface area (Å²) >= 11 is 4.17. The van der Waals surface area contributed by atoms with Gasteiger partial charge in [0.1, 0.15) is 0 Å². The minimum atomic E-state index is 0.00714. The van der Waals surface area contributed by atoms with Gasteiger partial charge in [0.15, 0.2) is 8.68 Å². The largest absolute Gasteiger partial charge is 0.355 e. The van der Waals surface area contributed by atoms with Crippen LogP contribution in [-0.2, 0) is 9.59 Å². The molecule has 1 aromatic heterocycles. The van der Waals surface area contributed by atoms with Crippen molar-refractivity contribution in [3.05, 3.63) is 0 Å². The molecular weight excluding hydrogens is 352 g/mol. The van der Waals surface area contributed by atoms with Crippen LogP contribution < -0.4 is 10.6 Å². The van der Waals surface area contributed by atoms with E-state index >= 15 is 0 Å². The third-order valence-corrected chi connectivity index (χ3v) is 5.91. The minimum Gasteiger partial charge on any atom is -0.355 e. The predicted octanol–water partition coefficient (Wildman–Crippen LogP) is 2.55. The van der Waals surface area contributed by atoms with Crippen LogP contribution in [0.3, 0.4) is 0 Å². The monoisotopic (exact) mass is 376 g/mol. The van der Waals surface area contributed by atoms with Gasteiger partial charge in [0.25, 0.3) is 0 Å². The Hall–Kier alpha value is -0.800. The summed E-state index contributed by atoms with van der Waals surface area (Å²) in [5.74, 6) is 0.724. The second kappa shape index (κ2) is 12.6. The number of amides is 2. The Kier molecular flexibility index (Phi) is 11.1. The fourth-order valence-electron chi connectivity index (χ4n) is 1.54. The molecule has 1 heterocycles. The molecular formula is C14H24N4O2S3. The lowest BCUT2D eigenvalue weighted by atomic mass is 10.2. The van der Waals surface area contributed by atoms with E-state index in [9.17, 15) is 9.59 Å². The van der Waals surface area contributed by atoms with E-state index in [-0.39, 0.29) is 11.8 Å². The number of hydrogen-bond acceptors (Lipinski definition) is 7. The van der Waals surface area contributed by atoms with Crippen LogP contribution in [0.5, 0.6) is 0 Å². The summed E-state index contributed by atoms with van der Waals surface area (Å²) in [5.41, 5.74) is 0. The lowest BCUT2D eigenvalue weighted by molar-refractivity contribution is -0.119. The second-order valence-corrected chi connectivity index (χ2v) is 8.24. The van der Waals surface area contributed by atoms with Crippen LogP contribution in [-0.4, -0.2) is 46.6 Å². The highest BCUT2D eigenvalue weighted by atomic mass is 32.2. The number of rotatable bonds is 12. The Balaban J connectivity index is 2.20. The second-order valence-electron chi connectivity index (χ2n) is 4.82. The van der Waals surface area contributed by atoms with E-state index in [4.69, 9.17) is 0 Å². The van der Waals surface area contributed by atoms with Crippen molar-refractivity contribution in [2.45, 2.75) is 48.2 Å². The van der Waals surface area contributed by atoms with E-state index in [0.29, 0.717) is 18.1 Å². The molecule has 0 atom stereocenters. The van der Waals surface area contributed by atoms with Crippen LogP contribution in [0.15, 0.2) is 8.68 Å². The van der Waals surface area contributed by atoms with Gasteiger partial charge in [-0.3, -0.25) is 9.59 Å². The zero-order valence-electron chi connectivity index (χ0n) is 13.6. The van der Waals surface area contributed by atoms with Crippen LogP contribution in [0.1, 0.15) is 39.5 Å². The van der Waals surface area contributed by atoms with Crippen LogP contribution in [0.2, 0.25) is 0 Å². The Labute approximate surface area is 150 Å². The molecule has 0 aliphatic heterocycles. The van der Waals surface area contributed by atoms with Gasteiger partial charge in [-0.25, -0.2) is 0 Å². The molecule has 0 aliphatic rings. The van der Waals surface area contributed by atoms with E-state index in [1.165, 1.54) is 34.9 Å². The van der Waals surface area contributed by atoms with E-state index in [2.05, 4.69) is 27.8 Å². The molecule has 0 aliphatic carbocycles. The first-order chi connectivity index (χ1) is 11.2. The molecule has 1 aromatic rings. The van der Waals surface area contributed by atoms with E-state index in [1.54, 1.807) is 0 Å². The highest BCUT2D eigenvalue weighted by Crippen LogP contribution is 2.28. The van der Waals surface area contributed by atoms with E-state index < -0.39 is 0 Å². The summed E-state index contributed by atoms with van der Waals surface area (Å²) in [4.78, 5) is 23.2. The molecule has 0 fully saturated rings. The number of carbonyl (C=O) groups excluding carboxylic acids is 2. The number of hydrogen-bond donors (Lipinski definition) is 2. The summed E-state index contributed by atoms with van der Waals surface area (Å²) in [7, 11) is 0. The lowest BCUT2D eigenvalue weighted by Crippen LogP contribution is -2.26. The first kappa shape index (κ1) is 20.2. The Morgan fingerprint density at radius 2 is 1.48 bits per heavy atom. The molecule has 0 aromatic carbocycles. The SMILES string of the molecule is CCCCCNC(=O)CSc1nnc(SCC(=O)NCCC)s1. The van der Waals surface area contributed by atoms with Crippen molar-refractivity contribution in [3.8, 4) is 0 Å². The molecule has 0 bridgehead atoms. The van der Waals surface area contributed by atoms with Crippen molar-refractivity contribution in [3.63, 3.8) is 0 Å². The highest BCUT2D eigenvalue weighted by Gasteiger charge is 2.10. The van der Waals surface area contributed by atoms with Gasteiger partial charge in [-0.15, -0.1) is 10.2 Å². The lowest BCUT2D eigenvalue weighted by Gasteiger charge is -2.02. The summed E-state index contributed by atoms with van der Waals surface area (Å²) in [6.07, 6.45) is 4.23. The first-order valence-electron chi connectivity index (χ1n) is 7.78. The fraction of sp³-hybridized carbons (Fsp3) is 0.714. The molecule has 0 saturated carbocycles. The summed E-state index contributed by atoms with van der Waals surface area (Å²) < 4.78 is 1.51. The van der Waals surface area contributed by atoms with Crippen molar-refractivity contribution in [1.82, 2.24) is 20.8 Å². The number of nitrogens with zero attached hydrogens (tertiary/aromatic N) is 2. The van der Waals surface area contributed by atoms with Gasteiger partial charge in [0.2, 0.25) is 11.8 Å². The number of aromatic nitrogens is 2. The van der Waals surface area contributed by atoms with Crippen molar-refractivity contribution < 1.29 is 9.59 Å². The third-order valence-electron chi connectivity index (χ3n) is 2.72. The maximum Gasteiger partial charge on any atom is 0.230 e. The van der Waals surface area contributed by atoms with Gasteiger partial charge in [-0.1, -0.05) is 61.5 Å². The van der Waals surface area contributed by atoms with Gasteiger partial charge in [0, 0.05) is 13.1 Å². The average Bonchev–Trinajstić information content (AvgIpc) is 3.01. The molecule has 23 heavy (non-hydrogen) atoms. The molecule has 9 heteroatoms. The quantitative estimate of drug-likeness (QED) is 0.431. The smallest absolute Gasteiger partial charge is 0.230 e. The summed E-state index contributed by atoms with van der Waals surface area (Å²) in [6.45, 7) is 5.58. The molecule has 0 unspecified atom stereocenters. The molecule has 2 N–H and O–H groups in total. The Bertz CT molecular complexity index is 482. The molecule has 0 radical (unpaired) electrons. The highest BCUT2D eigenvalue weighted by molar-refractivity contribution is 8.03. The van der Waals surface area contributed by atoms with Gasteiger partial charge >= 0.3 is 0 Å². The van der Waals surface area contributed by atoms with E-state index in [1.807, 2.05) is 6.92 Å². The molecule has 0 saturated heterocycles. The number of thioether (sulfide) groups is 2. The van der Waals surface area contributed by atoms with Crippen LogP contribution in [0.25, 0.3) is 0 Å². The standard InChI is InChI=1S/C14H24N4O2S3/c1-3-5-6-8-16-12(20)10-22-14-18-17-13(23-14)21-9-11(19)15-7-4-2/h3-10H2,1-2H3,(H,15,19)(H,16,20). The minimum absolute atomic E-state index is 0.00714. The maximum atomic E-state index is 11.7. The van der Waals surface area contributed by atoms with Gasteiger partial charge in [-0.2, -0.15) is 0 Å². The Morgan fingerprint density at radius 3 is 2.00 bits per heavy atom. The van der Waals surface area contributed by atoms with Crippen molar-refractivity contribution in [2.24, 2.45) is 0 Å². The van der Waals surface area contributed by atoms with E-state index in [0.717, 1.165) is 40.9 Å². The van der Waals surface area contributed by atoms with Crippen molar-refractivity contribution in [1.29, 1.82) is 0 Å². The van der Waals surface area contributed by atoms with Gasteiger partial charge < -0.3 is 10.6 Å². The topological polar surface area (TPSA) is 84.0 Å². The van der Waals surface area contributed by atoms with Crippen molar-refractivity contribution in [2.75, 3.05) is 24.6 Å². The molecule has 2 amide bonds.